The van der Waals surface area contributed by atoms with Crippen molar-refractivity contribution < 1.29 is 4.74 Å². The molecule has 0 saturated carbocycles. The molecule has 1 aromatic rings. The van der Waals surface area contributed by atoms with Gasteiger partial charge in [0.2, 0.25) is 0 Å². The third-order valence-electron chi connectivity index (χ3n) is 2.72. The quantitative estimate of drug-likeness (QED) is 0.570. The van der Waals surface area contributed by atoms with E-state index in [4.69, 9.17) is 4.74 Å². The first-order valence-electron chi connectivity index (χ1n) is 6.61. The molecule has 0 aliphatic rings. The third kappa shape index (κ3) is 5.23. The van der Waals surface area contributed by atoms with Crippen LogP contribution in [0.4, 0.5) is 0 Å². The molecule has 1 aromatic carbocycles. The molecule has 0 aliphatic carbocycles. The highest BCUT2D eigenvalue weighted by Crippen LogP contribution is 2.15. The Kier molecular flexibility index (Phi) is 4.99. The average Bonchev–Trinajstić information content (AvgIpc) is 2.22. The number of hydrogen-bond donors (Lipinski definition) is 0. The van der Waals surface area contributed by atoms with E-state index in [-0.39, 0.29) is 0 Å². The zero-order valence-electron chi connectivity index (χ0n) is 12.6. The molecule has 18 heavy (non-hydrogen) atoms. The molecule has 0 heterocycles. The molecule has 0 aliphatic heterocycles. The summed E-state index contributed by atoms with van der Waals surface area (Å²) in [7, 11) is -2.33. The fraction of sp³-hybridized carbons (Fsp3) is 0.467. The van der Waals surface area contributed by atoms with Crippen molar-refractivity contribution >= 4 is 21.3 Å². The molecule has 0 fully saturated rings. The van der Waals surface area contributed by atoms with Crippen molar-refractivity contribution in [3.05, 3.63) is 36.6 Å². The van der Waals surface area contributed by atoms with Gasteiger partial charge in [0.15, 0.2) is 0 Å². The minimum atomic E-state index is -1.32. The van der Waals surface area contributed by atoms with Gasteiger partial charge in [0, 0.05) is 8.07 Å². The Bertz CT molecular complexity index is 411. The first kappa shape index (κ1) is 15.3. The fourth-order valence-electron chi connectivity index (χ4n) is 1.71. The maximum atomic E-state index is 5.84. The zero-order chi connectivity index (χ0) is 13.8. The van der Waals surface area contributed by atoms with Crippen LogP contribution in [-0.2, 0) is 0 Å². The van der Waals surface area contributed by atoms with Gasteiger partial charge >= 0.3 is 0 Å². The Morgan fingerprint density at radius 1 is 1.00 bits per heavy atom. The van der Waals surface area contributed by atoms with Crippen LogP contribution in [-0.4, -0.2) is 16.1 Å². The SMILES string of the molecule is C[Si](C)(C)C/C=C\Oc1ccccc1[Si](C)(C)C. The lowest BCUT2D eigenvalue weighted by Crippen LogP contribution is -2.38. The van der Waals surface area contributed by atoms with Gasteiger partial charge in [-0.1, -0.05) is 63.6 Å². The normalized spacial score (nSPS) is 13.0. The molecule has 3 heteroatoms. The molecule has 100 valence electrons. The fourth-order valence-corrected chi connectivity index (χ4v) is 3.99. The van der Waals surface area contributed by atoms with Gasteiger partial charge in [-0.05, 0) is 17.3 Å². The van der Waals surface area contributed by atoms with Crippen LogP contribution in [0.1, 0.15) is 0 Å². The number of benzene rings is 1. The maximum absolute atomic E-state index is 5.84. The summed E-state index contributed by atoms with van der Waals surface area (Å²) >= 11 is 0. The molecule has 0 radical (unpaired) electrons. The zero-order valence-corrected chi connectivity index (χ0v) is 14.6. The molecule has 0 aromatic heterocycles. The monoisotopic (exact) mass is 278 g/mol. The van der Waals surface area contributed by atoms with Crippen molar-refractivity contribution in [3.63, 3.8) is 0 Å². The van der Waals surface area contributed by atoms with Crippen LogP contribution in [0.15, 0.2) is 36.6 Å². The lowest BCUT2D eigenvalue weighted by Gasteiger charge is -2.19. The van der Waals surface area contributed by atoms with Gasteiger partial charge in [0.1, 0.15) is 5.75 Å². The third-order valence-corrected chi connectivity index (χ3v) is 6.21. The van der Waals surface area contributed by atoms with Crippen LogP contribution in [0.2, 0.25) is 45.3 Å². The summed E-state index contributed by atoms with van der Waals surface area (Å²) in [4.78, 5) is 0. The van der Waals surface area contributed by atoms with Gasteiger partial charge in [-0.2, -0.15) is 0 Å². The smallest absolute Gasteiger partial charge is 0.125 e. The molecular formula is C15H26OSi2. The van der Waals surface area contributed by atoms with Crippen molar-refractivity contribution in [1.29, 1.82) is 0 Å². The largest absolute Gasteiger partial charge is 0.465 e. The van der Waals surface area contributed by atoms with Gasteiger partial charge < -0.3 is 4.74 Å². The van der Waals surface area contributed by atoms with E-state index in [9.17, 15) is 0 Å². The van der Waals surface area contributed by atoms with Crippen molar-refractivity contribution in [2.75, 3.05) is 0 Å². The summed E-state index contributed by atoms with van der Waals surface area (Å²) in [6, 6.07) is 9.60. The van der Waals surface area contributed by atoms with E-state index >= 15 is 0 Å². The Morgan fingerprint density at radius 2 is 1.61 bits per heavy atom. The van der Waals surface area contributed by atoms with Crippen LogP contribution in [0.5, 0.6) is 5.75 Å². The molecule has 0 amide bonds. The van der Waals surface area contributed by atoms with E-state index < -0.39 is 16.1 Å². The second kappa shape index (κ2) is 5.89. The highest BCUT2D eigenvalue weighted by molar-refractivity contribution is 6.89. The first-order chi connectivity index (χ1) is 8.20. The number of allylic oxidation sites excluding steroid dienone is 1. The summed E-state index contributed by atoms with van der Waals surface area (Å²) in [6.45, 7) is 14.1. The standard InChI is InChI=1S/C15H26OSi2/c1-17(2,3)13-9-12-16-14-10-7-8-11-15(14)18(4,5)6/h7-12H,13H2,1-6H3/b12-9-. The molecule has 0 bridgehead atoms. The summed E-state index contributed by atoms with van der Waals surface area (Å²) < 4.78 is 5.84. The summed E-state index contributed by atoms with van der Waals surface area (Å²) in [5, 5.41) is 1.39. The van der Waals surface area contributed by atoms with Gasteiger partial charge in [-0.15, -0.1) is 0 Å². The van der Waals surface area contributed by atoms with E-state index in [1.165, 1.54) is 11.2 Å². The molecular weight excluding hydrogens is 252 g/mol. The van der Waals surface area contributed by atoms with Crippen molar-refractivity contribution in [3.8, 4) is 5.75 Å². The Morgan fingerprint density at radius 3 is 2.17 bits per heavy atom. The molecule has 1 nitrogen and oxygen atoms in total. The minimum absolute atomic E-state index is 1.00. The molecule has 0 N–H and O–H groups in total. The Labute approximate surface area is 114 Å². The van der Waals surface area contributed by atoms with Crippen LogP contribution in [0.25, 0.3) is 0 Å². The molecule has 0 atom stereocenters. The summed E-state index contributed by atoms with van der Waals surface area (Å²) in [5.74, 6) is 1.03. The van der Waals surface area contributed by atoms with Crippen LogP contribution < -0.4 is 9.92 Å². The second-order valence-electron chi connectivity index (χ2n) is 7.00. The van der Waals surface area contributed by atoms with Gasteiger partial charge in [-0.25, -0.2) is 0 Å². The van der Waals surface area contributed by atoms with Crippen LogP contribution >= 0.6 is 0 Å². The predicted molar refractivity (Wildman–Crippen MR) is 87.3 cm³/mol. The number of rotatable bonds is 5. The van der Waals surface area contributed by atoms with E-state index in [1.807, 2.05) is 12.3 Å². The lowest BCUT2D eigenvalue weighted by molar-refractivity contribution is 0.484. The van der Waals surface area contributed by atoms with Gasteiger partial charge in [-0.3, -0.25) is 0 Å². The minimum Gasteiger partial charge on any atom is -0.465 e. The van der Waals surface area contributed by atoms with E-state index in [2.05, 4.69) is 63.6 Å². The maximum Gasteiger partial charge on any atom is 0.125 e. The Balaban J connectivity index is 2.74. The summed E-state index contributed by atoms with van der Waals surface area (Å²) in [6.07, 6.45) is 4.05. The molecule has 0 saturated heterocycles. The number of para-hydroxylation sites is 1. The van der Waals surface area contributed by atoms with E-state index in [0.29, 0.717) is 0 Å². The number of hydrogen-bond acceptors (Lipinski definition) is 1. The average molecular weight is 279 g/mol. The highest BCUT2D eigenvalue weighted by atomic mass is 28.3. The Hall–Kier alpha value is -0.806. The van der Waals surface area contributed by atoms with Crippen molar-refractivity contribution in [2.45, 2.75) is 45.3 Å². The summed E-state index contributed by atoms with van der Waals surface area (Å²) in [5.41, 5.74) is 0. The van der Waals surface area contributed by atoms with Crippen LogP contribution in [0.3, 0.4) is 0 Å². The van der Waals surface area contributed by atoms with E-state index in [0.717, 1.165) is 5.75 Å². The topological polar surface area (TPSA) is 9.23 Å². The molecule has 1 rings (SSSR count). The number of ether oxygens (including phenoxy) is 1. The first-order valence-corrected chi connectivity index (χ1v) is 13.8. The van der Waals surface area contributed by atoms with E-state index in [1.54, 1.807) is 0 Å². The van der Waals surface area contributed by atoms with Crippen molar-refractivity contribution in [2.24, 2.45) is 0 Å². The second-order valence-corrected chi connectivity index (χ2v) is 17.6. The van der Waals surface area contributed by atoms with Crippen LogP contribution in [0, 0.1) is 0 Å². The van der Waals surface area contributed by atoms with Gasteiger partial charge in [0.05, 0.1) is 14.3 Å². The van der Waals surface area contributed by atoms with Crippen molar-refractivity contribution in [1.82, 2.24) is 0 Å². The lowest BCUT2D eigenvalue weighted by atomic mass is 10.3. The van der Waals surface area contributed by atoms with Gasteiger partial charge in [0.25, 0.3) is 0 Å². The predicted octanol–water partition coefficient (Wildman–Crippen LogP) is 4.46. The molecule has 0 unspecified atom stereocenters. The molecule has 0 spiro atoms. The highest BCUT2D eigenvalue weighted by Gasteiger charge is 2.20.